The number of rotatable bonds is 2. The first-order valence-electron chi connectivity index (χ1n) is 5.82. The highest BCUT2D eigenvalue weighted by atomic mass is 35.6. The number of phenolic OH excluding ortho intramolecular Hbond substituents is 1. The number of aliphatic hydroxyl groups excluding tert-OH is 1. The zero-order chi connectivity index (χ0) is 17.3. The molecule has 2 N–H and O–H groups in total. The Morgan fingerprint density at radius 3 is 1.29 bits per heavy atom. The minimum atomic E-state index is -0.750. The van der Waals surface area contributed by atoms with Crippen molar-refractivity contribution in [1.29, 1.82) is 0 Å². The Morgan fingerprint density at radius 1 is 0.857 bits per heavy atom. The van der Waals surface area contributed by atoms with Gasteiger partial charge in [0, 0.05) is 6.61 Å². The van der Waals surface area contributed by atoms with Gasteiger partial charge in [0.25, 0.3) is 0 Å². The lowest BCUT2D eigenvalue weighted by molar-refractivity contribution is 0.268. The second kappa shape index (κ2) is 20.7. The molecule has 0 aliphatic carbocycles. The number of hydrogen-bond donors (Lipinski definition) is 2. The van der Waals surface area contributed by atoms with Crippen LogP contribution < -0.4 is 0 Å². The lowest BCUT2D eigenvalue weighted by Gasteiger charge is -1.95. The van der Waals surface area contributed by atoms with Crippen LogP contribution in [0.3, 0.4) is 0 Å². The summed E-state index contributed by atoms with van der Waals surface area (Å²) in [6, 6.07) is 8.71. The van der Waals surface area contributed by atoms with E-state index in [9.17, 15) is 0 Å². The Balaban J connectivity index is -0.000000214. The maximum atomic E-state index is 8.63. The Kier molecular flexibility index (Phi) is 26.3. The van der Waals surface area contributed by atoms with Gasteiger partial charge in [0.15, 0.2) is 8.59 Å². The lowest BCUT2D eigenvalue weighted by Crippen LogP contribution is -1.89. The monoisotopic (exact) mass is 418 g/mol. The Hall–Kier alpha value is 0.720. The Labute approximate surface area is 156 Å². The van der Waals surface area contributed by atoms with Crippen molar-refractivity contribution in [1.82, 2.24) is 0 Å². The molecule has 0 unspecified atom stereocenters. The van der Waals surface area contributed by atoms with Gasteiger partial charge in [-0.2, -0.15) is 0 Å². The van der Waals surface area contributed by atoms with E-state index in [4.69, 9.17) is 79.8 Å². The van der Waals surface area contributed by atoms with Crippen molar-refractivity contribution in [2.45, 2.75) is 28.9 Å². The van der Waals surface area contributed by atoms with E-state index in [0.717, 1.165) is 6.42 Å². The fourth-order valence-corrected chi connectivity index (χ4v) is 0.686. The molecule has 0 atom stereocenters. The molecule has 8 heteroatoms. The first-order valence-corrected chi connectivity index (χ1v) is 8.44. The van der Waals surface area contributed by atoms with E-state index in [2.05, 4.69) is 13.8 Å². The number of alkyl halides is 6. The van der Waals surface area contributed by atoms with Crippen molar-refractivity contribution in [2.75, 3.05) is 6.61 Å². The molecular weight excluding hydrogens is 401 g/mol. The summed E-state index contributed by atoms with van der Waals surface area (Å²) in [6.45, 7) is 4.52. The van der Waals surface area contributed by atoms with E-state index in [0.29, 0.717) is 18.3 Å². The summed E-state index contributed by atoms with van der Waals surface area (Å²) in [5.41, 5.74) is 0. The molecular formula is C13H20Cl6O2. The lowest BCUT2D eigenvalue weighted by atomic mass is 10.2. The van der Waals surface area contributed by atoms with Crippen LogP contribution >= 0.6 is 69.6 Å². The van der Waals surface area contributed by atoms with Gasteiger partial charge in [-0.1, -0.05) is 102 Å². The number of hydrogen-bond acceptors (Lipinski definition) is 2. The van der Waals surface area contributed by atoms with Crippen molar-refractivity contribution < 1.29 is 10.2 Å². The van der Waals surface area contributed by atoms with Crippen LogP contribution in [0.25, 0.3) is 0 Å². The fraction of sp³-hybridized carbons (Fsp3) is 0.538. The number of para-hydroxylation sites is 1. The van der Waals surface area contributed by atoms with Crippen LogP contribution in [0.1, 0.15) is 20.3 Å². The van der Waals surface area contributed by atoms with Crippen LogP contribution in [-0.4, -0.2) is 25.4 Å². The summed E-state index contributed by atoms with van der Waals surface area (Å²) in [5, 5.41) is 16.9. The van der Waals surface area contributed by atoms with Crippen molar-refractivity contribution in [3.05, 3.63) is 30.3 Å². The van der Waals surface area contributed by atoms with Crippen molar-refractivity contribution in [3.8, 4) is 5.75 Å². The quantitative estimate of drug-likeness (QED) is 0.544. The number of aromatic hydroxyl groups is 1. The highest BCUT2D eigenvalue weighted by Gasteiger charge is 1.86. The molecule has 21 heavy (non-hydrogen) atoms. The molecule has 0 saturated heterocycles. The SMILES string of the molecule is CC(C)CCO.ClC(Cl)Cl.ClC(Cl)Cl.Oc1ccccc1. The third-order valence-electron chi connectivity index (χ3n) is 1.46. The van der Waals surface area contributed by atoms with Crippen LogP contribution in [-0.2, 0) is 0 Å². The van der Waals surface area contributed by atoms with Gasteiger partial charge in [-0.05, 0) is 24.5 Å². The van der Waals surface area contributed by atoms with E-state index in [-0.39, 0.29) is 0 Å². The highest BCUT2D eigenvalue weighted by Crippen LogP contribution is 2.04. The standard InChI is InChI=1S/C6H6O.C5H12O.2CHCl3/c7-6-4-2-1-3-5-6;1-5(2)3-4-6;2*2-1(3)4/h1-5,7H;5-6H,3-4H2,1-2H3;2*1H. The molecule has 2 nitrogen and oxygen atoms in total. The molecule has 0 aliphatic rings. The summed E-state index contributed by atoms with van der Waals surface area (Å²) in [5.74, 6) is 0.970. The molecule has 1 aromatic carbocycles. The smallest absolute Gasteiger partial charge is 0.180 e. The van der Waals surface area contributed by atoms with Crippen LogP contribution in [0.2, 0.25) is 0 Å². The molecule has 0 saturated carbocycles. The second-order valence-corrected chi connectivity index (χ2v) is 7.70. The van der Waals surface area contributed by atoms with E-state index < -0.39 is 8.59 Å². The van der Waals surface area contributed by atoms with Crippen LogP contribution in [0, 0.1) is 5.92 Å². The van der Waals surface area contributed by atoms with Gasteiger partial charge in [0.1, 0.15) is 5.75 Å². The summed E-state index contributed by atoms with van der Waals surface area (Å²) in [6.07, 6.45) is 0.931. The summed E-state index contributed by atoms with van der Waals surface area (Å²) in [4.78, 5) is 0. The van der Waals surface area contributed by atoms with E-state index in [1.54, 1.807) is 24.3 Å². The normalized spacial score (nSPS) is 9.14. The molecule has 0 bridgehead atoms. The third kappa shape index (κ3) is 52.9. The molecule has 0 fully saturated rings. The van der Waals surface area contributed by atoms with Crippen molar-refractivity contribution >= 4 is 69.6 Å². The Morgan fingerprint density at radius 2 is 1.19 bits per heavy atom. The molecule has 0 heterocycles. The third-order valence-corrected chi connectivity index (χ3v) is 1.46. The average molecular weight is 421 g/mol. The summed E-state index contributed by atoms with van der Waals surface area (Å²) >= 11 is 28.8. The largest absolute Gasteiger partial charge is 0.508 e. The van der Waals surface area contributed by atoms with Gasteiger partial charge in [-0.15, -0.1) is 0 Å². The van der Waals surface area contributed by atoms with E-state index in [1.165, 1.54) is 0 Å². The molecule has 0 amide bonds. The first-order chi connectivity index (χ1) is 9.63. The maximum Gasteiger partial charge on any atom is 0.180 e. The van der Waals surface area contributed by atoms with Gasteiger partial charge in [0.05, 0.1) is 0 Å². The predicted molar refractivity (Wildman–Crippen MR) is 97.3 cm³/mol. The molecule has 1 rings (SSSR count). The highest BCUT2D eigenvalue weighted by molar-refractivity contribution is 6.63. The van der Waals surface area contributed by atoms with Crippen LogP contribution in [0.4, 0.5) is 0 Å². The molecule has 0 aliphatic heterocycles. The molecule has 126 valence electrons. The number of aliphatic hydroxyl groups is 1. The van der Waals surface area contributed by atoms with E-state index >= 15 is 0 Å². The summed E-state index contributed by atoms with van der Waals surface area (Å²) < 4.78 is -1.50. The topological polar surface area (TPSA) is 40.5 Å². The Bertz CT molecular complexity index is 272. The molecule has 0 spiro atoms. The minimum absolute atomic E-state index is 0.322. The van der Waals surface area contributed by atoms with Crippen molar-refractivity contribution in [2.24, 2.45) is 5.92 Å². The first kappa shape index (κ1) is 26.6. The fourth-order valence-electron chi connectivity index (χ4n) is 0.686. The summed E-state index contributed by atoms with van der Waals surface area (Å²) in [7, 11) is 0. The number of halogens is 6. The number of phenols is 1. The predicted octanol–water partition coefficient (Wildman–Crippen LogP) is 6.39. The molecule has 1 aromatic rings. The van der Waals surface area contributed by atoms with Gasteiger partial charge < -0.3 is 10.2 Å². The van der Waals surface area contributed by atoms with Gasteiger partial charge >= 0.3 is 0 Å². The molecule has 0 radical (unpaired) electrons. The second-order valence-electron chi connectivity index (χ2n) is 3.74. The molecule has 0 aromatic heterocycles. The van der Waals surface area contributed by atoms with Gasteiger partial charge in [-0.25, -0.2) is 0 Å². The zero-order valence-corrected chi connectivity index (χ0v) is 16.2. The van der Waals surface area contributed by atoms with Crippen LogP contribution in [0.15, 0.2) is 30.3 Å². The maximum absolute atomic E-state index is 8.63. The van der Waals surface area contributed by atoms with Crippen molar-refractivity contribution in [3.63, 3.8) is 0 Å². The van der Waals surface area contributed by atoms with Gasteiger partial charge in [0.2, 0.25) is 0 Å². The van der Waals surface area contributed by atoms with Gasteiger partial charge in [-0.3, -0.25) is 0 Å². The minimum Gasteiger partial charge on any atom is -0.508 e. The van der Waals surface area contributed by atoms with Crippen LogP contribution in [0.5, 0.6) is 5.75 Å². The zero-order valence-electron chi connectivity index (χ0n) is 11.7. The van der Waals surface area contributed by atoms with E-state index in [1.807, 2.05) is 6.07 Å². The number of benzene rings is 1. The average Bonchev–Trinajstić information content (AvgIpc) is 2.28.